The molecule has 0 unspecified atom stereocenters. The standard InChI is InChI=1S/C16H12BrCl2N3O/c1-8-6-10(17)7-22-14(9(2)20-15(8)22)16(23)21-13-11(18)4-3-5-12(13)19/h3-7H,1-2H3,(H,21,23). The van der Waals surface area contributed by atoms with Gasteiger partial charge in [0.2, 0.25) is 0 Å². The summed E-state index contributed by atoms with van der Waals surface area (Å²) in [6, 6.07) is 7.02. The van der Waals surface area contributed by atoms with Crippen LogP contribution >= 0.6 is 39.1 Å². The Morgan fingerprint density at radius 3 is 2.57 bits per heavy atom. The van der Waals surface area contributed by atoms with Crippen LogP contribution in [0.3, 0.4) is 0 Å². The minimum atomic E-state index is -0.317. The number of hydrogen-bond donors (Lipinski definition) is 1. The van der Waals surface area contributed by atoms with E-state index >= 15 is 0 Å². The van der Waals surface area contributed by atoms with E-state index in [1.54, 1.807) is 29.5 Å². The molecule has 0 saturated heterocycles. The lowest BCUT2D eigenvalue weighted by Gasteiger charge is -2.10. The molecule has 0 aliphatic rings. The summed E-state index contributed by atoms with van der Waals surface area (Å²) in [5.74, 6) is -0.317. The number of aryl methyl sites for hydroxylation is 2. The summed E-state index contributed by atoms with van der Waals surface area (Å²) in [6.45, 7) is 3.74. The number of nitrogens with zero attached hydrogens (tertiary/aromatic N) is 2. The van der Waals surface area contributed by atoms with Crippen LogP contribution in [-0.2, 0) is 0 Å². The van der Waals surface area contributed by atoms with Gasteiger partial charge in [0, 0.05) is 10.7 Å². The molecule has 2 aromatic heterocycles. The van der Waals surface area contributed by atoms with E-state index in [1.165, 1.54) is 0 Å². The number of fused-ring (bicyclic) bond motifs is 1. The van der Waals surface area contributed by atoms with Gasteiger partial charge in [-0.3, -0.25) is 9.20 Å². The van der Waals surface area contributed by atoms with Gasteiger partial charge in [-0.2, -0.15) is 0 Å². The summed E-state index contributed by atoms with van der Waals surface area (Å²) in [5.41, 5.74) is 3.17. The first-order valence-electron chi connectivity index (χ1n) is 6.78. The molecule has 0 bridgehead atoms. The van der Waals surface area contributed by atoms with Crippen molar-refractivity contribution in [2.75, 3.05) is 5.32 Å². The molecule has 23 heavy (non-hydrogen) atoms. The second-order valence-electron chi connectivity index (χ2n) is 5.13. The van der Waals surface area contributed by atoms with E-state index in [2.05, 4.69) is 26.2 Å². The van der Waals surface area contributed by atoms with Gasteiger partial charge in [-0.25, -0.2) is 4.98 Å². The summed E-state index contributed by atoms with van der Waals surface area (Å²) in [6.07, 6.45) is 1.81. The Hall–Kier alpha value is -1.56. The molecule has 118 valence electrons. The highest BCUT2D eigenvalue weighted by Crippen LogP contribution is 2.30. The van der Waals surface area contributed by atoms with E-state index in [9.17, 15) is 4.79 Å². The molecule has 1 aromatic carbocycles. The maximum Gasteiger partial charge on any atom is 0.274 e. The minimum Gasteiger partial charge on any atom is -0.318 e. The molecule has 1 amide bonds. The number of carbonyl (C=O) groups is 1. The fourth-order valence-corrected chi connectivity index (χ4v) is 3.49. The molecule has 2 heterocycles. The molecule has 3 rings (SSSR count). The predicted octanol–water partition coefficient (Wildman–Crippen LogP) is 5.27. The smallest absolute Gasteiger partial charge is 0.274 e. The molecule has 0 aliphatic heterocycles. The zero-order chi connectivity index (χ0) is 16.7. The SMILES string of the molecule is Cc1nc2c(C)cc(Br)cn2c1C(=O)Nc1c(Cl)cccc1Cl. The van der Waals surface area contributed by atoms with Crippen molar-refractivity contribution in [1.29, 1.82) is 0 Å². The molecule has 3 aromatic rings. The van der Waals surface area contributed by atoms with Crippen molar-refractivity contribution in [2.45, 2.75) is 13.8 Å². The van der Waals surface area contributed by atoms with Gasteiger partial charge in [0.1, 0.15) is 11.3 Å². The third-order valence-corrected chi connectivity index (χ3v) is 4.52. The van der Waals surface area contributed by atoms with E-state index in [1.807, 2.05) is 19.2 Å². The second kappa shape index (κ2) is 6.15. The van der Waals surface area contributed by atoms with Gasteiger partial charge in [-0.05, 0) is 53.5 Å². The van der Waals surface area contributed by atoms with Crippen molar-refractivity contribution >= 4 is 56.4 Å². The number of aromatic nitrogens is 2. The topological polar surface area (TPSA) is 46.4 Å². The van der Waals surface area contributed by atoms with Gasteiger partial charge >= 0.3 is 0 Å². The summed E-state index contributed by atoms with van der Waals surface area (Å²) >= 11 is 15.7. The minimum absolute atomic E-state index is 0.317. The Morgan fingerprint density at radius 2 is 1.91 bits per heavy atom. The van der Waals surface area contributed by atoms with E-state index in [0.29, 0.717) is 27.1 Å². The van der Waals surface area contributed by atoms with Crippen LogP contribution < -0.4 is 5.32 Å². The van der Waals surface area contributed by atoms with E-state index < -0.39 is 0 Å². The zero-order valence-electron chi connectivity index (χ0n) is 12.3. The third-order valence-electron chi connectivity index (χ3n) is 3.46. The largest absolute Gasteiger partial charge is 0.318 e. The Balaban J connectivity index is 2.10. The van der Waals surface area contributed by atoms with E-state index in [0.717, 1.165) is 15.7 Å². The summed E-state index contributed by atoms with van der Waals surface area (Å²) in [4.78, 5) is 17.2. The zero-order valence-corrected chi connectivity index (χ0v) is 15.4. The number of benzene rings is 1. The summed E-state index contributed by atoms with van der Waals surface area (Å²) < 4.78 is 2.62. The van der Waals surface area contributed by atoms with Gasteiger partial charge < -0.3 is 5.32 Å². The van der Waals surface area contributed by atoms with Crippen LogP contribution in [0.4, 0.5) is 5.69 Å². The molecule has 0 spiro atoms. The molecule has 0 fully saturated rings. The van der Waals surface area contributed by atoms with Crippen molar-refractivity contribution < 1.29 is 4.79 Å². The summed E-state index contributed by atoms with van der Waals surface area (Å²) in [7, 11) is 0. The van der Waals surface area contributed by atoms with Gasteiger partial charge in [-0.15, -0.1) is 0 Å². The van der Waals surface area contributed by atoms with Crippen LogP contribution in [0.5, 0.6) is 0 Å². The van der Waals surface area contributed by atoms with Gasteiger partial charge in [0.05, 0.1) is 21.4 Å². The average molecular weight is 413 g/mol. The summed E-state index contributed by atoms with van der Waals surface area (Å²) in [5, 5.41) is 3.54. The lowest BCUT2D eigenvalue weighted by Crippen LogP contribution is -2.16. The molecule has 0 aliphatic carbocycles. The van der Waals surface area contributed by atoms with Crippen molar-refractivity contribution in [1.82, 2.24) is 9.38 Å². The van der Waals surface area contributed by atoms with Gasteiger partial charge in [0.25, 0.3) is 5.91 Å². The molecule has 0 saturated carbocycles. The van der Waals surface area contributed by atoms with Crippen molar-refractivity contribution in [3.05, 3.63) is 61.9 Å². The number of pyridine rings is 1. The highest BCUT2D eigenvalue weighted by molar-refractivity contribution is 9.10. The number of rotatable bonds is 2. The van der Waals surface area contributed by atoms with Crippen LogP contribution in [0.15, 0.2) is 34.9 Å². The van der Waals surface area contributed by atoms with E-state index in [-0.39, 0.29) is 5.91 Å². The van der Waals surface area contributed by atoms with Gasteiger partial charge in [0.15, 0.2) is 0 Å². The first-order valence-corrected chi connectivity index (χ1v) is 8.33. The fraction of sp³-hybridized carbons (Fsp3) is 0.125. The van der Waals surface area contributed by atoms with Crippen molar-refractivity contribution in [3.63, 3.8) is 0 Å². The number of para-hydroxylation sites is 1. The highest BCUT2D eigenvalue weighted by Gasteiger charge is 2.20. The number of anilines is 1. The molecule has 1 N–H and O–H groups in total. The lowest BCUT2D eigenvalue weighted by atomic mass is 10.2. The molecular formula is C16H12BrCl2N3O. The molecule has 4 nitrogen and oxygen atoms in total. The van der Waals surface area contributed by atoms with Crippen LogP contribution in [0.25, 0.3) is 5.65 Å². The Labute approximate surface area is 151 Å². The Kier molecular flexibility index (Phi) is 4.36. The maximum atomic E-state index is 12.7. The number of amides is 1. The lowest BCUT2D eigenvalue weighted by molar-refractivity contribution is 0.102. The number of imidazole rings is 1. The van der Waals surface area contributed by atoms with Crippen molar-refractivity contribution in [2.24, 2.45) is 0 Å². The molecular weight excluding hydrogens is 401 g/mol. The average Bonchev–Trinajstić information content (AvgIpc) is 2.79. The van der Waals surface area contributed by atoms with Gasteiger partial charge in [-0.1, -0.05) is 29.3 Å². The number of nitrogens with one attached hydrogen (secondary N) is 1. The Bertz CT molecular complexity index is 916. The monoisotopic (exact) mass is 411 g/mol. The molecule has 0 radical (unpaired) electrons. The van der Waals surface area contributed by atoms with Crippen LogP contribution in [-0.4, -0.2) is 15.3 Å². The maximum absolute atomic E-state index is 12.7. The van der Waals surface area contributed by atoms with E-state index in [4.69, 9.17) is 23.2 Å². The normalized spacial score (nSPS) is 11.0. The van der Waals surface area contributed by atoms with Crippen molar-refractivity contribution in [3.8, 4) is 0 Å². The predicted molar refractivity (Wildman–Crippen MR) is 96.8 cm³/mol. The number of hydrogen-bond acceptors (Lipinski definition) is 2. The number of carbonyl (C=O) groups excluding carboxylic acids is 1. The quantitative estimate of drug-likeness (QED) is 0.622. The molecule has 7 heteroatoms. The highest BCUT2D eigenvalue weighted by atomic mass is 79.9. The first-order chi connectivity index (χ1) is 10.9. The van der Waals surface area contributed by atoms with Crippen LogP contribution in [0.2, 0.25) is 10.0 Å². The third kappa shape index (κ3) is 2.96. The number of halogens is 3. The first kappa shape index (κ1) is 16.3. The van der Waals surface area contributed by atoms with Crippen LogP contribution in [0, 0.1) is 13.8 Å². The second-order valence-corrected chi connectivity index (χ2v) is 6.86. The Morgan fingerprint density at radius 1 is 1.26 bits per heavy atom. The van der Waals surface area contributed by atoms with Crippen LogP contribution in [0.1, 0.15) is 21.7 Å². The fourth-order valence-electron chi connectivity index (χ4n) is 2.45. The molecule has 0 atom stereocenters.